The number of allylic oxidation sites excluding steroid dienone is 1. The Morgan fingerprint density at radius 1 is 0.520 bits per heavy atom. The Labute approximate surface area is 627 Å². The summed E-state index contributed by atoms with van der Waals surface area (Å²) >= 11 is 31.2. The number of aromatic nitrogens is 4. The Morgan fingerprint density at radius 3 is 1.40 bits per heavy atom. The van der Waals surface area contributed by atoms with Crippen LogP contribution in [0.15, 0.2) is 153 Å². The SMILES string of the molecule is C=C(C)CCl.C=C(C)COc1c(F)cccc1Br.CC1(C)COc2c(F)cc(-c3ccnc(Cl)n3)cc21.CC1(C)COc2c(F)cc(B3OC(C)(C)C(C)(C)O3)cc21.CC1(C)COc2c(F)cc(Br)cc21.CC1(C)COc2c(F)cccc21.Clc1ccnc(Cl)n1.Oc1c(F)cccc1Br. The van der Waals surface area contributed by atoms with Crippen molar-refractivity contribution in [2.24, 2.45) is 0 Å². The normalized spacial score (nSPS) is 16.1. The predicted molar refractivity (Wildman–Crippen MR) is 397 cm³/mol. The van der Waals surface area contributed by atoms with Crippen LogP contribution in [0, 0.1) is 34.9 Å². The second-order valence-corrected chi connectivity index (χ2v) is 31.1. The first kappa shape index (κ1) is 82.9. The molecule has 1 fully saturated rings. The van der Waals surface area contributed by atoms with Gasteiger partial charge in [-0.3, -0.25) is 0 Å². The number of halogens is 13. The Morgan fingerprint density at radius 2 is 0.950 bits per heavy atom. The lowest BCUT2D eigenvalue weighted by atomic mass is 9.75. The fourth-order valence-corrected chi connectivity index (χ4v) is 11.3. The zero-order valence-electron chi connectivity index (χ0n) is 57.7. The maximum atomic E-state index is 14.3. The summed E-state index contributed by atoms with van der Waals surface area (Å²) in [5.74, 6) is -0.184. The molecule has 6 aromatic carbocycles. The fourth-order valence-electron chi connectivity index (χ4n) is 9.60. The summed E-state index contributed by atoms with van der Waals surface area (Å²) in [6, 6.07) is 27.4. The highest BCUT2D eigenvalue weighted by atomic mass is 79.9. The number of hydrogen-bond donors (Lipinski definition) is 1. The number of fused-ring (bicyclic) bond motifs is 4. The van der Waals surface area contributed by atoms with Crippen molar-refractivity contribution in [2.75, 3.05) is 38.9 Å². The molecular formula is C74H78BBr3Cl4F6N4O8. The van der Waals surface area contributed by atoms with Crippen molar-refractivity contribution >= 4 is 107 Å². The number of phenolic OH excluding ortho intramolecular Hbond substituents is 1. The maximum absolute atomic E-state index is 14.3. The third-order valence-corrected chi connectivity index (χ3v) is 18.7. The molecule has 1 N–H and O–H groups in total. The van der Waals surface area contributed by atoms with Crippen LogP contribution in [-0.4, -0.2) is 82.3 Å². The van der Waals surface area contributed by atoms with Gasteiger partial charge in [-0.1, -0.05) is 132 Å². The average molecular weight is 1660 g/mol. The van der Waals surface area contributed by atoms with E-state index in [1.807, 2.05) is 107 Å². The Bertz CT molecular complexity index is 4160. The highest BCUT2D eigenvalue weighted by Gasteiger charge is 2.52. The van der Waals surface area contributed by atoms with Gasteiger partial charge < -0.3 is 38.1 Å². The van der Waals surface area contributed by atoms with Gasteiger partial charge in [0.1, 0.15) is 11.8 Å². The summed E-state index contributed by atoms with van der Waals surface area (Å²) in [6.07, 6.45) is 3.05. The lowest BCUT2D eigenvalue weighted by Gasteiger charge is -2.32. The average Bonchev–Trinajstić information content (AvgIpc) is 1.61. The summed E-state index contributed by atoms with van der Waals surface area (Å²) in [7, 11) is -0.550. The van der Waals surface area contributed by atoms with E-state index in [0.29, 0.717) is 92.7 Å². The monoisotopic (exact) mass is 1650 g/mol. The summed E-state index contributed by atoms with van der Waals surface area (Å²) in [5, 5.41) is 9.48. The van der Waals surface area contributed by atoms with Crippen molar-refractivity contribution in [1.29, 1.82) is 0 Å². The minimum absolute atomic E-state index is 0.0442. The van der Waals surface area contributed by atoms with E-state index in [4.69, 9.17) is 84.5 Å². The number of phenols is 1. The number of benzene rings is 6. The highest BCUT2D eigenvalue weighted by molar-refractivity contribution is 9.11. The van der Waals surface area contributed by atoms with Gasteiger partial charge in [0.05, 0.1) is 52.3 Å². The Kier molecular flexibility index (Phi) is 29.0. The largest absolute Gasteiger partial charge is 0.504 e. The van der Waals surface area contributed by atoms with Gasteiger partial charge in [0.25, 0.3) is 0 Å². The lowest BCUT2D eigenvalue weighted by molar-refractivity contribution is 0.00578. The van der Waals surface area contributed by atoms with E-state index in [0.717, 1.165) is 37.9 Å². The summed E-state index contributed by atoms with van der Waals surface area (Å²) in [6.45, 7) is 37.7. The Balaban J connectivity index is 0.000000185. The van der Waals surface area contributed by atoms with E-state index in [1.165, 1.54) is 48.7 Å². The van der Waals surface area contributed by atoms with E-state index in [-0.39, 0.29) is 72.8 Å². The van der Waals surface area contributed by atoms with Crippen molar-refractivity contribution in [3.05, 3.63) is 226 Å². The summed E-state index contributed by atoms with van der Waals surface area (Å²) in [5.41, 5.74) is 6.13. The van der Waals surface area contributed by atoms with Gasteiger partial charge >= 0.3 is 7.12 Å². The van der Waals surface area contributed by atoms with Crippen LogP contribution in [-0.2, 0) is 31.0 Å². The molecule has 13 rings (SSSR count). The molecule has 7 heterocycles. The molecule has 12 nitrogen and oxygen atoms in total. The van der Waals surface area contributed by atoms with E-state index >= 15 is 0 Å². The molecule has 5 aliphatic rings. The van der Waals surface area contributed by atoms with Crippen LogP contribution in [0.5, 0.6) is 34.5 Å². The second kappa shape index (κ2) is 34.9. The third-order valence-electron chi connectivity index (χ3n) is 15.9. The molecule has 0 saturated carbocycles. The first-order valence-electron chi connectivity index (χ1n) is 31.0. The van der Waals surface area contributed by atoms with Gasteiger partial charge in [-0.2, -0.15) is 0 Å². The first-order valence-corrected chi connectivity index (χ1v) is 35.1. The van der Waals surface area contributed by atoms with E-state index < -0.39 is 24.1 Å². The van der Waals surface area contributed by atoms with Gasteiger partial charge in [-0.15, -0.1) is 11.6 Å². The maximum Gasteiger partial charge on any atom is 0.494 e. The smallest absolute Gasteiger partial charge is 0.494 e. The molecule has 536 valence electrons. The number of para-hydroxylation sites is 3. The second-order valence-electron chi connectivity index (χ2n) is 27.2. The van der Waals surface area contributed by atoms with E-state index in [2.05, 4.69) is 94.7 Å². The van der Waals surface area contributed by atoms with Gasteiger partial charge in [0.15, 0.2) is 69.4 Å². The molecule has 5 aliphatic heterocycles. The fraction of sp³-hybridized carbons (Fsp3) is 0.351. The molecule has 0 unspecified atom stereocenters. The molecule has 0 bridgehead atoms. The van der Waals surface area contributed by atoms with Crippen LogP contribution >= 0.6 is 94.2 Å². The van der Waals surface area contributed by atoms with Crippen molar-refractivity contribution in [2.45, 2.75) is 130 Å². The van der Waals surface area contributed by atoms with Gasteiger partial charge in [0, 0.05) is 72.2 Å². The van der Waals surface area contributed by atoms with Gasteiger partial charge in [0.2, 0.25) is 10.6 Å². The molecule has 0 amide bonds. The molecule has 0 spiro atoms. The zero-order chi connectivity index (χ0) is 74.6. The molecule has 100 heavy (non-hydrogen) atoms. The van der Waals surface area contributed by atoms with Crippen molar-refractivity contribution in [3.63, 3.8) is 0 Å². The van der Waals surface area contributed by atoms with Crippen molar-refractivity contribution in [3.8, 4) is 45.8 Å². The molecule has 0 radical (unpaired) electrons. The highest BCUT2D eigenvalue weighted by Crippen LogP contribution is 2.45. The van der Waals surface area contributed by atoms with Crippen molar-refractivity contribution < 1.29 is 64.4 Å². The van der Waals surface area contributed by atoms with E-state index in [1.54, 1.807) is 42.6 Å². The van der Waals surface area contributed by atoms with Crippen LogP contribution < -0.4 is 29.1 Å². The molecule has 0 atom stereocenters. The molecule has 2 aromatic heterocycles. The zero-order valence-corrected chi connectivity index (χ0v) is 65.5. The molecule has 8 aromatic rings. The minimum Gasteiger partial charge on any atom is -0.504 e. The summed E-state index contributed by atoms with van der Waals surface area (Å²) in [4.78, 5) is 15.1. The Hall–Kier alpha value is -6.08. The van der Waals surface area contributed by atoms with Crippen LogP contribution in [0.3, 0.4) is 0 Å². The number of aromatic hydroxyl groups is 1. The van der Waals surface area contributed by atoms with Crippen LogP contribution in [0.25, 0.3) is 11.3 Å². The number of hydrogen-bond acceptors (Lipinski definition) is 12. The number of nitrogens with zero attached hydrogens (tertiary/aromatic N) is 4. The molecule has 1 saturated heterocycles. The van der Waals surface area contributed by atoms with E-state index in [9.17, 15) is 26.3 Å². The standard InChI is InChI=1S/C16H22BFO3.C14H12ClFN2O.2C10H10BrFO.C10H11FO.C6H4BrFO.C4H2Cl2N2.C4H7Cl/c1-14(2)9-19-13-11(14)7-10(8-12(13)18)17-20-15(3,4)16(5,6)21-17;1-14(2)7-19-12-9(14)5-8(6-10(12)16)11-3-4-17-13(15)18-11;1-10(2)5-13-9-7(10)3-6(11)4-8(9)12;1-7(2)6-13-10-8(11)4-3-5-9(10)12;1-10(2)6-12-9-7(10)4-3-5-8(9)11;7-4-2-1-3-5(8)6(4)9;5-3-1-2-7-4(6)8-3;1-4(2)3-5/h7-8H,9H2,1-6H3;3-6H,7H2,1-2H3;3-4H,5H2,1-2H3;3-5H,1,6H2,2H3;3-5H,6H2,1-2H3;1-3,9H;1-2H;1,3H2,2H3. The lowest BCUT2D eigenvalue weighted by Crippen LogP contribution is -2.41. The van der Waals surface area contributed by atoms with Crippen molar-refractivity contribution in [1.82, 2.24) is 19.9 Å². The third kappa shape index (κ3) is 22.0. The van der Waals surface area contributed by atoms with Crippen LogP contribution in [0.1, 0.15) is 119 Å². The quantitative estimate of drug-likeness (QED) is 0.0424. The predicted octanol–water partition coefficient (Wildman–Crippen LogP) is 21.6. The van der Waals surface area contributed by atoms with Crippen LogP contribution in [0.2, 0.25) is 15.7 Å². The molecule has 26 heteroatoms. The van der Waals surface area contributed by atoms with Gasteiger partial charge in [-0.25, -0.2) is 46.3 Å². The van der Waals surface area contributed by atoms with Crippen LogP contribution in [0.4, 0.5) is 26.3 Å². The molecular weight excluding hydrogens is 1580 g/mol. The summed E-state index contributed by atoms with van der Waals surface area (Å²) < 4.78 is 121. The van der Waals surface area contributed by atoms with Gasteiger partial charge in [-0.05, 0) is 180 Å². The first-order chi connectivity index (χ1) is 46.5. The number of alkyl halides is 1. The number of ether oxygens (including phenoxy) is 5. The minimum atomic E-state index is -0.607. The topological polar surface area (TPSA) is 136 Å². The number of rotatable bonds is 6. The molecule has 0 aliphatic carbocycles.